The molecule has 0 radical (unpaired) electrons. The molecule has 82 valence electrons. The first-order valence-electron chi connectivity index (χ1n) is 4.83. The van der Waals surface area contributed by atoms with E-state index < -0.39 is 0 Å². The maximum atomic E-state index is 11.6. The third kappa shape index (κ3) is 3.12. The summed E-state index contributed by atoms with van der Waals surface area (Å²) in [7, 11) is 1.73. The monoisotopic (exact) mass is 208 g/mol. The van der Waals surface area contributed by atoms with E-state index in [1.165, 1.54) is 4.68 Å². The minimum atomic E-state index is -0.224. The Balaban J connectivity index is 2.50. The summed E-state index contributed by atoms with van der Waals surface area (Å²) in [5.74, 6) is -0.224. The molecule has 0 aliphatic carbocycles. The van der Waals surface area contributed by atoms with Gasteiger partial charge < -0.3 is 11.1 Å². The van der Waals surface area contributed by atoms with Crippen LogP contribution in [0.2, 0.25) is 0 Å². The first kappa shape index (κ1) is 11.3. The molecule has 0 unspecified atom stereocenters. The lowest BCUT2D eigenvalue weighted by molar-refractivity contribution is 0.0949. The highest BCUT2D eigenvalue weighted by Gasteiger charge is 2.12. The number of rotatable bonds is 4. The van der Waals surface area contributed by atoms with E-state index >= 15 is 0 Å². The summed E-state index contributed by atoms with van der Waals surface area (Å²) in [6.07, 6.45) is 6.36. The Morgan fingerprint density at radius 1 is 1.73 bits per heavy atom. The minimum absolute atomic E-state index is 0.224. The molecular formula is C10H16N4O. The van der Waals surface area contributed by atoms with Gasteiger partial charge in [0.05, 0.1) is 5.69 Å². The second-order valence-electron chi connectivity index (χ2n) is 3.22. The van der Waals surface area contributed by atoms with Crippen molar-refractivity contribution in [1.29, 1.82) is 0 Å². The van der Waals surface area contributed by atoms with Gasteiger partial charge in [-0.15, -0.1) is 0 Å². The molecule has 0 aromatic carbocycles. The van der Waals surface area contributed by atoms with E-state index in [9.17, 15) is 4.79 Å². The Morgan fingerprint density at radius 3 is 3.00 bits per heavy atom. The van der Waals surface area contributed by atoms with E-state index in [1.54, 1.807) is 13.2 Å². The second kappa shape index (κ2) is 5.19. The zero-order valence-corrected chi connectivity index (χ0v) is 9.03. The number of hydrogen-bond acceptors (Lipinski definition) is 3. The van der Waals surface area contributed by atoms with Crippen molar-refractivity contribution < 1.29 is 4.79 Å². The summed E-state index contributed by atoms with van der Waals surface area (Å²) in [6.45, 7) is 2.54. The van der Waals surface area contributed by atoms with Gasteiger partial charge in [0.15, 0.2) is 5.69 Å². The van der Waals surface area contributed by atoms with Crippen LogP contribution in [0.15, 0.2) is 18.3 Å². The summed E-state index contributed by atoms with van der Waals surface area (Å²) in [5, 5.41) is 6.71. The molecule has 0 aliphatic rings. The Bertz CT molecular complexity index is 367. The van der Waals surface area contributed by atoms with Crippen LogP contribution in [0.25, 0.3) is 0 Å². The van der Waals surface area contributed by atoms with Crippen molar-refractivity contribution in [3.05, 3.63) is 24.0 Å². The number of hydrogen-bond donors (Lipinski definition) is 2. The number of nitrogen functional groups attached to an aromatic ring is 1. The van der Waals surface area contributed by atoms with Crippen LogP contribution < -0.4 is 11.1 Å². The van der Waals surface area contributed by atoms with Crippen molar-refractivity contribution in [1.82, 2.24) is 15.1 Å². The lowest BCUT2D eigenvalue weighted by Gasteiger charge is -2.00. The fourth-order valence-corrected chi connectivity index (χ4v) is 1.20. The summed E-state index contributed by atoms with van der Waals surface area (Å²) in [5.41, 5.74) is 6.31. The molecule has 1 aromatic heterocycles. The summed E-state index contributed by atoms with van der Waals surface area (Å²) < 4.78 is 1.52. The summed E-state index contributed by atoms with van der Waals surface area (Å²) in [6, 6.07) is 0. The number of allylic oxidation sites excluding steroid dienone is 1. The molecule has 0 aliphatic heterocycles. The maximum absolute atomic E-state index is 11.6. The van der Waals surface area contributed by atoms with Crippen LogP contribution in [-0.2, 0) is 7.05 Å². The van der Waals surface area contributed by atoms with Crippen molar-refractivity contribution in [3.8, 4) is 0 Å². The first-order chi connectivity index (χ1) is 7.15. The van der Waals surface area contributed by atoms with Crippen molar-refractivity contribution in [2.24, 2.45) is 7.05 Å². The quantitative estimate of drug-likeness (QED) is 0.565. The predicted octanol–water partition coefficient (Wildman–Crippen LogP) is 0.698. The number of aryl methyl sites for hydroxylation is 1. The Morgan fingerprint density at radius 2 is 2.47 bits per heavy atom. The van der Waals surface area contributed by atoms with Gasteiger partial charge in [-0.1, -0.05) is 12.2 Å². The topological polar surface area (TPSA) is 72.9 Å². The SMILES string of the molecule is C/C=C/CCNC(=O)c1nn(C)cc1N. The van der Waals surface area contributed by atoms with Crippen LogP contribution in [-0.4, -0.2) is 22.2 Å². The number of aromatic nitrogens is 2. The van der Waals surface area contributed by atoms with E-state index in [2.05, 4.69) is 10.4 Å². The lowest BCUT2D eigenvalue weighted by Crippen LogP contribution is -2.25. The van der Waals surface area contributed by atoms with Gasteiger partial charge in [0.2, 0.25) is 0 Å². The van der Waals surface area contributed by atoms with E-state index in [1.807, 2.05) is 19.1 Å². The number of anilines is 1. The van der Waals surface area contributed by atoms with E-state index in [4.69, 9.17) is 5.73 Å². The van der Waals surface area contributed by atoms with Gasteiger partial charge in [-0.3, -0.25) is 9.48 Å². The maximum Gasteiger partial charge on any atom is 0.273 e. The smallest absolute Gasteiger partial charge is 0.273 e. The second-order valence-corrected chi connectivity index (χ2v) is 3.22. The van der Waals surface area contributed by atoms with Crippen molar-refractivity contribution in [3.63, 3.8) is 0 Å². The molecule has 1 aromatic rings. The van der Waals surface area contributed by atoms with Gasteiger partial charge in [-0.2, -0.15) is 5.10 Å². The molecule has 0 fully saturated rings. The molecule has 3 N–H and O–H groups in total. The highest BCUT2D eigenvalue weighted by Crippen LogP contribution is 2.07. The van der Waals surface area contributed by atoms with Gasteiger partial charge in [0, 0.05) is 19.8 Å². The zero-order valence-electron chi connectivity index (χ0n) is 9.03. The van der Waals surface area contributed by atoms with Crippen LogP contribution >= 0.6 is 0 Å². The average Bonchev–Trinajstić information content (AvgIpc) is 2.52. The van der Waals surface area contributed by atoms with Crippen LogP contribution in [0, 0.1) is 0 Å². The summed E-state index contributed by atoms with van der Waals surface area (Å²) in [4.78, 5) is 11.6. The molecule has 1 rings (SSSR count). The fraction of sp³-hybridized carbons (Fsp3) is 0.400. The number of nitrogens with one attached hydrogen (secondary N) is 1. The van der Waals surface area contributed by atoms with Crippen molar-refractivity contribution in [2.45, 2.75) is 13.3 Å². The first-order valence-corrected chi connectivity index (χ1v) is 4.83. The molecule has 0 atom stereocenters. The van der Waals surface area contributed by atoms with Crippen LogP contribution in [0.4, 0.5) is 5.69 Å². The third-order valence-electron chi connectivity index (χ3n) is 1.90. The van der Waals surface area contributed by atoms with Gasteiger partial charge in [-0.05, 0) is 13.3 Å². The molecule has 5 nitrogen and oxygen atoms in total. The van der Waals surface area contributed by atoms with Crippen molar-refractivity contribution in [2.75, 3.05) is 12.3 Å². The van der Waals surface area contributed by atoms with E-state index in [0.717, 1.165) is 6.42 Å². The Kier molecular flexibility index (Phi) is 3.91. The number of carbonyl (C=O) groups is 1. The highest BCUT2D eigenvalue weighted by atomic mass is 16.1. The third-order valence-corrected chi connectivity index (χ3v) is 1.90. The number of nitrogens with two attached hydrogens (primary N) is 1. The number of carbonyl (C=O) groups excluding carboxylic acids is 1. The van der Waals surface area contributed by atoms with Gasteiger partial charge in [-0.25, -0.2) is 0 Å². The standard InChI is InChI=1S/C10H16N4O/c1-3-4-5-6-12-10(15)9-8(11)7-14(2)13-9/h3-4,7H,5-6,11H2,1-2H3,(H,12,15)/b4-3+. The predicted molar refractivity (Wildman–Crippen MR) is 59.4 cm³/mol. The molecule has 1 heterocycles. The fourth-order valence-electron chi connectivity index (χ4n) is 1.20. The molecule has 0 saturated carbocycles. The molecule has 1 amide bonds. The van der Waals surface area contributed by atoms with E-state index in [0.29, 0.717) is 12.2 Å². The van der Waals surface area contributed by atoms with Crippen LogP contribution in [0.1, 0.15) is 23.8 Å². The Labute approximate surface area is 89.0 Å². The van der Waals surface area contributed by atoms with Crippen LogP contribution in [0.3, 0.4) is 0 Å². The van der Waals surface area contributed by atoms with E-state index in [-0.39, 0.29) is 11.6 Å². The lowest BCUT2D eigenvalue weighted by atomic mass is 10.3. The molecule has 5 heteroatoms. The van der Waals surface area contributed by atoms with Crippen LogP contribution in [0.5, 0.6) is 0 Å². The zero-order chi connectivity index (χ0) is 11.3. The average molecular weight is 208 g/mol. The molecule has 15 heavy (non-hydrogen) atoms. The molecule has 0 saturated heterocycles. The molecule has 0 spiro atoms. The highest BCUT2D eigenvalue weighted by molar-refractivity contribution is 5.96. The largest absolute Gasteiger partial charge is 0.396 e. The molecule has 0 bridgehead atoms. The Hall–Kier alpha value is -1.78. The molecular weight excluding hydrogens is 192 g/mol. The van der Waals surface area contributed by atoms with Gasteiger partial charge in [0.25, 0.3) is 5.91 Å². The van der Waals surface area contributed by atoms with Gasteiger partial charge >= 0.3 is 0 Å². The van der Waals surface area contributed by atoms with Gasteiger partial charge in [0.1, 0.15) is 0 Å². The summed E-state index contributed by atoms with van der Waals surface area (Å²) >= 11 is 0. The number of amides is 1. The van der Waals surface area contributed by atoms with Crippen molar-refractivity contribution >= 4 is 11.6 Å². The minimum Gasteiger partial charge on any atom is -0.396 e. The number of nitrogens with zero attached hydrogens (tertiary/aromatic N) is 2. The normalized spacial score (nSPS) is 10.8.